The molecule has 26 heavy (non-hydrogen) atoms. The molecule has 0 aliphatic heterocycles. The third-order valence-electron chi connectivity index (χ3n) is 4.65. The molecule has 140 valence electrons. The van der Waals surface area contributed by atoms with Crippen LogP contribution in [0.25, 0.3) is 0 Å². The summed E-state index contributed by atoms with van der Waals surface area (Å²) in [5.74, 6) is -9.60. The fraction of sp³-hybridized carbons (Fsp3) is 0.444. The number of hydrogen-bond donors (Lipinski definition) is 0. The number of benzene rings is 1. The summed E-state index contributed by atoms with van der Waals surface area (Å²) < 4.78 is 64.3. The van der Waals surface area contributed by atoms with Crippen LogP contribution < -0.4 is 4.74 Å². The number of ether oxygens (including phenoxy) is 2. The van der Waals surface area contributed by atoms with Crippen LogP contribution in [-0.2, 0) is 16.1 Å². The van der Waals surface area contributed by atoms with Crippen molar-refractivity contribution in [1.29, 1.82) is 5.26 Å². The van der Waals surface area contributed by atoms with Crippen LogP contribution in [0.15, 0.2) is 11.6 Å². The van der Waals surface area contributed by atoms with Crippen LogP contribution >= 0.6 is 0 Å². The van der Waals surface area contributed by atoms with E-state index < -0.39 is 58.5 Å². The maximum Gasteiger partial charge on any atom is 0.310 e. The highest BCUT2D eigenvalue weighted by atomic mass is 19.2. The Morgan fingerprint density at radius 1 is 1.19 bits per heavy atom. The van der Waals surface area contributed by atoms with E-state index in [1.54, 1.807) is 26.8 Å². The van der Waals surface area contributed by atoms with Crippen LogP contribution in [0, 0.1) is 51.9 Å². The SMILES string of the molecule is COc1c(F)c(F)c(COC(=O)C2C(/C=C(\C)C#N)C2(C)C)c(F)c1F. The van der Waals surface area contributed by atoms with Crippen molar-refractivity contribution in [1.82, 2.24) is 0 Å². The van der Waals surface area contributed by atoms with Crippen molar-refractivity contribution in [3.63, 3.8) is 0 Å². The minimum absolute atomic E-state index is 0.270. The standard InChI is InChI=1S/C18H17F4NO3/c1-8(6-23)5-10-11(18(10,2)3)17(24)26-7-9-12(19)14(21)16(25-4)15(22)13(9)20/h5,10-11H,7H2,1-4H3/b8-5+. The molecule has 0 N–H and O–H groups in total. The van der Waals surface area contributed by atoms with E-state index in [9.17, 15) is 22.4 Å². The highest BCUT2D eigenvalue weighted by Gasteiger charge is 2.61. The van der Waals surface area contributed by atoms with E-state index in [0.29, 0.717) is 5.57 Å². The van der Waals surface area contributed by atoms with Crippen LogP contribution in [0.3, 0.4) is 0 Å². The molecule has 1 aliphatic carbocycles. The van der Waals surface area contributed by atoms with Crippen molar-refractivity contribution in [2.45, 2.75) is 27.4 Å². The van der Waals surface area contributed by atoms with E-state index in [2.05, 4.69) is 4.74 Å². The number of methoxy groups -OCH3 is 1. The van der Waals surface area contributed by atoms with E-state index in [1.165, 1.54) is 0 Å². The molecule has 2 atom stereocenters. The van der Waals surface area contributed by atoms with E-state index in [1.807, 2.05) is 6.07 Å². The predicted octanol–water partition coefficient (Wildman–Crippen LogP) is 4.04. The molecule has 4 nitrogen and oxygen atoms in total. The predicted molar refractivity (Wildman–Crippen MR) is 82.8 cm³/mol. The third-order valence-corrected chi connectivity index (χ3v) is 4.65. The van der Waals surface area contributed by atoms with Gasteiger partial charge < -0.3 is 9.47 Å². The Labute approximate surface area is 148 Å². The number of hydrogen-bond acceptors (Lipinski definition) is 4. The monoisotopic (exact) mass is 371 g/mol. The molecular weight excluding hydrogens is 354 g/mol. The Morgan fingerprint density at radius 2 is 1.73 bits per heavy atom. The Bertz CT molecular complexity index is 798. The van der Waals surface area contributed by atoms with Gasteiger partial charge in [0.15, 0.2) is 17.4 Å². The second kappa shape index (κ2) is 6.98. The van der Waals surface area contributed by atoms with E-state index in [0.717, 1.165) is 7.11 Å². The smallest absolute Gasteiger partial charge is 0.310 e. The summed E-state index contributed by atoms with van der Waals surface area (Å²) in [6.45, 7) is 4.18. The zero-order valence-corrected chi connectivity index (χ0v) is 14.6. The molecule has 0 amide bonds. The highest BCUT2D eigenvalue weighted by Crippen LogP contribution is 2.59. The summed E-state index contributed by atoms with van der Waals surface area (Å²) in [7, 11) is 0.867. The molecule has 1 aliphatic rings. The molecule has 1 aromatic carbocycles. The summed E-state index contributed by atoms with van der Waals surface area (Å²) in [6.07, 6.45) is 1.62. The molecule has 0 saturated heterocycles. The topological polar surface area (TPSA) is 59.3 Å². The van der Waals surface area contributed by atoms with Crippen LogP contribution in [0.4, 0.5) is 17.6 Å². The number of halogens is 4. The van der Waals surface area contributed by atoms with Gasteiger partial charge in [0, 0.05) is 5.57 Å². The van der Waals surface area contributed by atoms with E-state index in [4.69, 9.17) is 10.00 Å². The van der Waals surface area contributed by atoms with Gasteiger partial charge in [-0.15, -0.1) is 0 Å². The number of allylic oxidation sites excluding steroid dienone is 2. The van der Waals surface area contributed by atoms with Gasteiger partial charge in [-0.3, -0.25) is 4.79 Å². The molecule has 1 saturated carbocycles. The fourth-order valence-corrected chi connectivity index (χ4v) is 2.94. The first-order valence-electron chi connectivity index (χ1n) is 7.71. The first-order valence-corrected chi connectivity index (χ1v) is 7.71. The zero-order chi connectivity index (χ0) is 19.8. The largest absolute Gasteiger partial charge is 0.491 e. The quantitative estimate of drug-likeness (QED) is 0.339. The van der Waals surface area contributed by atoms with Crippen molar-refractivity contribution in [2.75, 3.05) is 7.11 Å². The van der Waals surface area contributed by atoms with Crippen LogP contribution in [0.1, 0.15) is 26.3 Å². The van der Waals surface area contributed by atoms with Gasteiger partial charge in [-0.1, -0.05) is 19.9 Å². The molecule has 0 heterocycles. The molecule has 0 radical (unpaired) electrons. The van der Waals surface area contributed by atoms with E-state index in [-0.39, 0.29) is 5.92 Å². The minimum Gasteiger partial charge on any atom is -0.491 e. The van der Waals surface area contributed by atoms with Crippen molar-refractivity contribution in [2.24, 2.45) is 17.3 Å². The van der Waals surface area contributed by atoms with Crippen molar-refractivity contribution >= 4 is 5.97 Å². The number of nitrogens with zero attached hydrogens (tertiary/aromatic N) is 1. The Hall–Kier alpha value is -2.56. The second-order valence-corrected chi connectivity index (χ2v) is 6.66. The van der Waals surface area contributed by atoms with Gasteiger partial charge in [-0.25, -0.2) is 8.78 Å². The summed E-state index contributed by atoms with van der Waals surface area (Å²) in [6, 6.07) is 1.94. The summed E-state index contributed by atoms with van der Waals surface area (Å²) >= 11 is 0. The fourth-order valence-electron chi connectivity index (χ4n) is 2.94. The van der Waals surface area contributed by atoms with Crippen molar-refractivity contribution in [3.05, 3.63) is 40.5 Å². The number of esters is 1. The Morgan fingerprint density at radius 3 is 2.19 bits per heavy atom. The summed E-state index contributed by atoms with van der Waals surface area (Å²) in [4.78, 5) is 12.2. The molecule has 0 bridgehead atoms. The second-order valence-electron chi connectivity index (χ2n) is 6.66. The lowest BCUT2D eigenvalue weighted by molar-refractivity contribution is -0.147. The molecule has 1 aromatic rings. The molecule has 8 heteroatoms. The molecule has 0 aromatic heterocycles. The third kappa shape index (κ3) is 3.26. The lowest BCUT2D eigenvalue weighted by Gasteiger charge is -2.11. The van der Waals surface area contributed by atoms with Gasteiger partial charge >= 0.3 is 5.97 Å². The van der Waals surface area contributed by atoms with Gasteiger partial charge in [0.25, 0.3) is 0 Å². The van der Waals surface area contributed by atoms with Gasteiger partial charge in [0.2, 0.25) is 11.6 Å². The minimum atomic E-state index is -1.70. The highest BCUT2D eigenvalue weighted by molar-refractivity contribution is 5.78. The first kappa shape index (κ1) is 19.8. The van der Waals surface area contributed by atoms with Crippen molar-refractivity contribution < 1.29 is 31.8 Å². The molecule has 2 unspecified atom stereocenters. The van der Waals surface area contributed by atoms with Gasteiger partial charge in [0.1, 0.15) is 6.61 Å². The van der Waals surface area contributed by atoms with Crippen LogP contribution in [0.5, 0.6) is 5.75 Å². The van der Waals surface area contributed by atoms with Gasteiger partial charge in [-0.2, -0.15) is 14.0 Å². The molecule has 2 rings (SSSR count). The lowest BCUT2D eigenvalue weighted by atomic mass is 10.1. The first-order chi connectivity index (χ1) is 12.1. The summed E-state index contributed by atoms with van der Waals surface area (Å²) in [5, 5.41) is 8.82. The van der Waals surface area contributed by atoms with Gasteiger partial charge in [-0.05, 0) is 18.3 Å². The number of carbonyl (C=O) groups is 1. The van der Waals surface area contributed by atoms with E-state index >= 15 is 0 Å². The zero-order valence-electron chi connectivity index (χ0n) is 14.6. The van der Waals surface area contributed by atoms with Crippen LogP contribution in [0.2, 0.25) is 0 Å². The Kier molecular flexibility index (Phi) is 5.31. The number of rotatable bonds is 5. The maximum absolute atomic E-state index is 13.9. The van der Waals surface area contributed by atoms with Crippen molar-refractivity contribution in [3.8, 4) is 11.8 Å². The number of nitriles is 1. The summed E-state index contributed by atoms with van der Waals surface area (Å²) in [5.41, 5.74) is -1.11. The van der Waals surface area contributed by atoms with Gasteiger partial charge in [0.05, 0.1) is 24.7 Å². The normalized spacial score (nSPS) is 21.1. The molecule has 1 fully saturated rings. The van der Waals surface area contributed by atoms with Crippen LogP contribution in [-0.4, -0.2) is 13.1 Å². The average molecular weight is 371 g/mol. The average Bonchev–Trinajstić information content (AvgIpc) is 3.13. The lowest BCUT2D eigenvalue weighted by Crippen LogP contribution is -2.14. The maximum atomic E-state index is 13.9. The molecular formula is C18H17F4NO3. The number of carbonyl (C=O) groups excluding carboxylic acids is 1. The molecule has 0 spiro atoms. The Balaban J connectivity index is 2.18.